The van der Waals surface area contributed by atoms with Gasteiger partial charge in [0.25, 0.3) is 0 Å². The summed E-state index contributed by atoms with van der Waals surface area (Å²) < 4.78 is 5.24. The van der Waals surface area contributed by atoms with Gasteiger partial charge in [-0.3, -0.25) is 10.2 Å². The number of rotatable bonds is 3. The van der Waals surface area contributed by atoms with Gasteiger partial charge in [0, 0.05) is 26.2 Å². The Morgan fingerprint density at radius 1 is 1.24 bits per heavy atom. The van der Waals surface area contributed by atoms with Crippen LogP contribution in [0.4, 0.5) is 4.79 Å². The van der Waals surface area contributed by atoms with Gasteiger partial charge in [0.05, 0.1) is 18.6 Å². The van der Waals surface area contributed by atoms with Crippen molar-refractivity contribution in [1.82, 2.24) is 15.3 Å². The van der Waals surface area contributed by atoms with Gasteiger partial charge in [-0.2, -0.15) is 0 Å². The summed E-state index contributed by atoms with van der Waals surface area (Å²) in [4.78, 5) is 25.4. The van der Waals surface area contributed by atoms with E-state index in [0.29, 0.717) is 39.4 Å². The van der Waals surface area contributed by atoms with Crippen LogP contribution in [-0.4, -0.2) is 66.4 Å². The molecular formula is C14H25N3O4. The molecule has 2 rings (SSSR count). The van der Waals surface area contributed by atoms with Crippen molar-refractivity contribution in [2.75, 3.05) is 39.4 Å². The second-order valence-corrected chi connectivity index (χ2v) is 6.33. The summed E-state index contributed by atoms with van der Waals surface area (Å²) in [5, 5.41) is 11.2. The van der Waals surface area contributed by atoms with Gasteiger partial charge in [0.15, 0.2) is 0 Å². The highest BCUT2D eigenvalue weighted by molar-refractivity contribution is 5.75. The number of aliphatic carboxylic acids is 1. The first-order valence-electron chi connectivity index (χ1n) is 7.53. The second-order valence-electron chi connectivity index (χ2n) is 6.33. The van der Waals surface area contributed by atoms with Crippen molar-refractivity contribution in [2.45, 2.75) is 26.7 Å². The smallest absolute Gasteiger partial charge is 0.331 e. The molecule has 0 aliphatic carbocycles. The van der Waals surface area contributed by atoms with Gasteiger partial charge in [0.1, 0.15) is 0 Å². The molecule has 0 radical (unpaired) electrons. The van der Waals surface area contributed by atoms with Crippen LogP contribution in [0.25, 0.3) is 0 Å². The number of likely N-dealkylation sites (tertiary alicyclic amines) is 1. The SMILES string of the molecule is CC(C)(C(=O)O)C1CCCN(C(=O)NN2CCOCC2)C1. The predicted octanol–water partition coefficient (Wildman–Crippen LogP) is 0.766. The van der Waals surface area contributed by atoms with Crippen LogP contribution in [0.15, 0.2) is 0 Å². The number of carboxylic acid groups (broad SMARTS) is 1. The number of piperidine rings is 1. The minimum atomic E-state index is -0.808. The summed E-state index contributed by atoms with van der Waals surface area (Å²) in [6.07, 6.45) is 1.69. The van der Waals surface area contributed by atoms with E-state index in [4.69, 9.17) is 4.74 Å². The number of hydrogen-bond acceptors (Lipinski definition) is 4. The van der Waals surface area contributed by atoms with Crippen molar-refractivity contribution in [3.8, 4) is 0 Å². The van der Waals surface area contributed by atoms with Gasteiger partial charge in [-0.1, -0.05) is 0 Å². The predicted molar refractivity (Wildman–Crippen MR) is 76.6 cm³/mol. The van der Waals surface area contributed by atoms with Crippen molar-refractivity contribution in [1.29, 1.82) is 0 Å². The van der Waals surface area contributed by atoms with E-state index in [2.05, 4.69) is 5.43 Å². The summed E-state index contributed by atoms with van der Waals surface area (Å²) in [5.74, 6) is -0.817. The highest BCUT2D eigenvalue weighted by atomic mass is 16.5. The third kappa shape index (κ3) is 3.85. The lowest BCUT2D eigenvalue weighted by atomic mass is 9.74. The average molecular weight is 299 g/mol. The van der Waals surface area contributed by atoms with Crippen LogP contribution >= 0.6 is 0 Å². The maximum atomic E-state index is 12.3. The van der Waals surface area contributed by atoms with Gasteiger partial charge in [0.2, 0.25) is 0 Å². The normalized spacial score (nSPS) is 24.7. The van der Waals surface area contributed by atoms with Crippen molar-refractivity contribution in [3.63, 3.8) is 0 Å². The molecule has 0 spiro atoms. The van der Waals surface area contributed by atoms with Crippen LogP contribution in [0.2, 0.25) is 0 Å². The Hall–Kier alpha value is -1.34. The highest BCUT2D eigenvalue weighted by Gasteiger charge is 2.40. The zero-order chi connectivity index (χ0) is 15.5. The first-order valence-corrected chi connectivity index (χ1v) is 7.53. The lowest BCUT2D eigenvalue weighted by molar-refractivity contribution is -0.151. The number of nitrogens with zero attached hydrogens (tertiary/aromatic N) is 2. The fraction of sp³-hybridized carbons (Fsp3) is 0.857. The molecule has 2 N–H and O–H groups in total. The van der Waals surface area contributed by atoms with E-state index in [1.54, 1.807) is 18.7 Å². The van der Waals surface area contributed by atoms with Gasteiger partial charge in [-0.25, -0.2) is 9.80 Å². The van der Waals surface area contributed by atoms with E-state index in [1.807, 2.05) is 5.01 Å². The van der Waals surface area contributed by atoms with E-state index in [-0.39, 0.29) is 11.9 Å². The molecule has 21 heavy (non-hydrogen) atoms. The Labute approximate surface area is 125 Å². The monoisotopic (exact) mass is 299 g/mol. The minimum absolute atomic E-state index is 0.0146. The van der Waals surface area contributed by atoms with Gasteiger partial charge >= 0.3 is 12.0 Å². The van der Waals surface area contributed by atoms with Crippen LogP contribution < -0.4 is 5.43 Å². The van der Waals surface area contributed by atoms with Crippen molar-refractivity contribution in [2.24, 2.45) is 11.3 Å². The maximum absolute atomic E-state index is 12.3. The fourth-order valence-electron chi connectivity index (χ4n) is 2.81. The Morgan fingerprint density at radius 2 is 1.90 bits per heavy atom. The van der Waals surface area contributed by atoms with Crippen molar-refractivity contribution >= 4 is 12.0 Å². The molecule has 0 aromatic carbocycles. The van der Waals surface area contributed by atoms with Crippen molar-refractivity contribution < 1.29 is 19.4 Å². The molecule has 0 saturated carbocycles. The number of hydrogen-bond donors (Lipinski definition) is 2. The number of nitrogens with one attached hydrogen (secondary N) is 1. The standard InChI is InChI=1S/C14H25N3O4/c1-14(2,12(18)19)11-4-3-5-16(10-11)13(20)15-17-6-8-21-9-7-17/h11H,3-10H2,1-2H3,(H,15,20)(H,18,19). The van der Waals surface area contributed by atoms with Gasteiger partial charge < -0.3 is 14.7 Å². The number of carbonyl (C=O) groups excluding carboxylic acids is 1. The van der Waals surface area contributed by atoms with E-state index in [1.165, 1.54) is 0 Å². The molecule has 2 amide bonds. The number of morpholine rings is 1. The van der Waals surface area contributed by atoms with E-state index >= 15 is 0 Å². The molecule has 2 saturated heterocycles. The number of carbonyl (C=O) groups is 2. The van der Waals surface area contributed by atoms with E-state index < -0.39 is 11.4 Å². The molecule has 7 nitrogen and oxygen atoms in total. The molecule has 0 aromatic heterocycles. The molecule has 0 aromatic rings. The largest absolute Gasteiger partial charge is 0.481 e. The quantitative estimate of drug-likeness (QED) is 0.804. The fourth-order valence-corrected chi connectivity index (χ4v) is 2.81. The summed E-state index contributed by atoms with van der Waals surface area (Å²) in [6.45, 7) is 7.27. The molecule has 2 aliphatic rings. The lowest BCUT2D eigenvalue weighted by Crippen LogP contribution is -2.55. The molecular weight excluding hydrogens is 274 g/mol. The zero-order valence-electron chi connectivity index (χ0n) is 12.8. The van der Waals surface area contributed by atoms with E-state index in [0.717, 1.165) is 12.8 Å². The third-order valence-electron chi connectivity index (χ3n) is 4.55. The Balaban J connectivity index is 1.90. The molecule has 0 bridgehead atoms. The Morgan fingerprint density at radius 3 is 2.52 bits per heavy atom. The van der Waals surface area contributed by atoms with Crippen LogP contribution in [0.1, 0.15) is 26.7 Å². The Kier molecular flexibility index (Phi) is 5.05. The molecule has 2 fully saturated rings. The molecule has 1 unspecified atom stereocenters. The van der Waals surface area contributed by atoms with Gasteiger partial charge in [-0.15, -0.1) is 0 Å². The number of ether oxygens (including phenoxy) is 1. The lowest BCUT2D eigenvalue weighted by Gasteiger charge is -2.40. The number of urea groups is 1. The summed E-state index contributed by atoms with van der Waals surface area (Å²) in [7, 11) is 0. The maximum Gasteiger partial charge on any atom is 0.331 e. The second kappa shape index (κ2) is 6.62. The Bertz CT molecular complexity index is 394. The summed E-state index contributed by atoms with van der Waals surface area (Å²) in [6, 6.07) is -0.136. The number of hydrazine groups is 1. The molecule has 120 valence electrons. The minimum Gasteiger partial charge on any atom is -0.481 e. The highest BCUT2D eigenvalue weighted by Crippen LogP contribution is 2.34. The topological polar surface area (TPSA) is 82.1 Å². The zero-order valence-corrected chi connectivity index (χ0v) is 12.8. The summed E-state index contributed by atoms with van der Waals surface area (Å²) in [5.41, 5.74) is 2.08. The number of amides is 2. The average Bonchev–Trinajstić information content (AvgIpc) is 2.48. The van der Waals surface area contributed by atoms with Crippen LogP contribution in [0.5, 0.6) is 0 Å². The third-order valence-corrected chi connectivity index (χ3v) is 4.55. The molecule has 2 aliphatic heterocycles. The molecule has 2 heterocycles. The van der Waals surface area contributed by atoms with Crippen LogP contribution in [0.3, 0.4) is 0 Å². The summed E-state index contributed by atoms with van der Waals surface area (Å²) >= 11 is 0. The molecule has 1 atom stereocenters. The number of carboxylic acids is 1. The van der Waals surface area contributed by atoms with Crippen molar-refractivity contribution in [3.05, 3.63) is 0 Å². The first-order chi connectivity index (χ1) is 9.91. The first kappa shape index (κ1) is 16.0. The van der Waals surface area contributed by atoms with Crippen LogP contribution in [0, 0.1) is 11.3 Å². The van der Waals surface area contributed by atoms with Gasteiger partial charge in [-0.05, 0) is 32.6 Å². The van der Waals surface area contributed by atoms with E-state index in [9.17, 15) is 14.7 Å². The molecule has 7 heteroatoms. The van der Waals surface area contributed by atoms with Crippen LogP contribution in [-0.2, 0) is 9.53 Å².